The van der Waals surface area contributed by atoms with Crippen LogP contribution in [0.2, 0.25) is 0 Å². The molecular weight excluding hydrogens is 318 g/mol. The SMILES string of the molecule is Cc1cc(C)n(CCNc2nc(N(C)C)nc3c2CCNC3)c(=O)n1. The molecular formula is C17H25N7O. The molecule has 0 bridgehead atoms. The molecule has 0 atom stereocenters. The molecule has 0 fully saturated rings. The van der Waals surface area contributed by atoms with E-state index in [-0.39, 0.29) is 5.69 Å². The number of hydrogen-bond acceptors (Lipinski definition) is 7. The van der Waals surface area contributed by atoms with Crippen LogP contribution in [0.15, 0.2) is 10.9 Å². The first-order chi connectivity index (χ1) is 12.0. The van der Waals surface area contributed by atoms with Crippen molar-refractivity contribution >= 4 is 11.8 Å². The summed E-state index contributed by atoms with van der Waals surface area (Å²) in [6, 6.07) is 1.92. The Balaban J connectivity index is 1.79. The Hall–Kier alpha value is -2.48. The molecule has 1 aliphatic heterocycles. The second-order valence-electron chi connectivity index (χ2n) is 6.52. The number of fused-ring (bicyclic) bond motifs is 1. The van der Waals surface area contributed by atoms with Crippen LogP contribution in [0, 0.1) is 13.8 Å². The molecule has 0 saturated carbocycles. The van der Waals surface area contributed by atoms with Gasteiger partial charge in [0, 0.05) is 50.7 Å². The lowest BCUT2D eigenvalue weighted by Crippen LogP contribution is -2.30. The quantitative estimate of drug-likeness (QED) is 0.816. The maximum atomic E-state index is 12.1. The summed E-state index contributed by atoms with van der Waals surface area (Å²) in [4.78, 5) is 27.2. The van der Waals surface area contributed by atoms with Crippen molar-refractivity contribution in [3.8, 4) is 0 Å². The van der Waals surface area contributed by atoms with Crippen LogP contribution in [0.25, 0.3) is 0 Å². The molecule has 25 heavy (non-hydrogen) atoms. The van der Waals surface area contributed by atoms with E-state index in [2.05, 4.69) is 25.6 Å². The van der Waals surface area contributed by atoms with Crippen molar-refractivity contribution in [2.24, 2.45) is 0 Å². The van der Waals surface area contributed by atoms with Gasteiger partial charge in [0.05, 0.1) is 5.69 Å². The zero-order chi connectivity index (χ0) is 18.0. The molecule has 8 nitrogen and oxygen atoms in total. The Bertz CT molecular complexity index is 828. The van der Waals surface area contributed by atoms with Gasteiger partial charge in [0.1, 0.15) is 5.82 Å². The summed E-state index contributed by atoms with van der Waals surface area (Å²) in [7, 11) is 3.87. The first-order valence-electron chi connectivity index (χ1n) is 8.52. The molecule has 0 aliphatic carbocycles. The molecule has 0 spiro atoms. The molecule has 0 unspecified atom stereocenters. The fraction of sp³-hybridized carbons (Fsp3) is 0.529. The fourth-order valence-electron chi connectivity index (χ4n) is 3.03. The number of nitrogens with zero attached hydrogens (tertiary/aromatic N) is 5. The van der Waals surface area contributed by atoms with Gasteiger partial charge in [-0.15, -0.1) is 0 Å². The molecule has 8 heteroatoms. The fourth-order valence-corrected chi connectivity index (χ4v) is 3.03. The monoisotopic (exact) mass is 343 g/mol. The predicted octanol–water partition coefficient (Wildman–Crippen LogP) is 0.474. The van der Waals surface area contributed by atoms with Crippen LogP contribution in [0.4, 0.5) is 11.8 Å². The average Bonchev–Trinajstić information content (AvgIpc) is 2.56. The van der Waals surface area contributed by atoms with Crippen molar-refractivity contribution in [1.82, 2.24) is 24.8 Å². The van der Waals surface area contributed by atoms with Crippen molar-refractivity contribution in [2.45, 2.75) is 33.4 Å². The van der Waals surface area contributed by atoms with E-state index in [0.29, 0.717) is 19.0 Å². The first kappa shape index (κ1) is 17.3. The van der Waals surface area contributed by atoms with Gasteiger partial charge in [0.15, 0.2) is 0 Å². The van der Waals surface area contributed by atoms with Crippen LogP contribution in [-0.4, -0.2) is 46.7 Å². The molecule has 3 rings (SSSR count). The standard InChI is InChI=1S/C17H25N7O/c1-11-9-12(2)24(17(25)20-11)8-7-19-15-13-5-6-18-10-14(13)21-16(22-15)23(3)4/h9,18H,5-8,10H2,1-4H3,(H,19,21,22). The Labute approximate surface area is 147 Å². The molecule has 0 aromatic carbocycles. The summed E-state index contributed by atoms with van der Waals surface area (Å²) in [6.45, 7) is 6.60. The third-order valence-electron chi connectivity index (χ3n) is 4.30. The molecule has 0 amide bonds. The summed E-state index contributed by atoms with van der Waals surface area (Å²) in [5, 5.41) is 6.74. The second kappa shape index (κ2) is 7.18. The lowest BCUT2D eigenvalue weighted by molar-refractivity contribution is 0.620. The van der Waals surface area contributed by atoms with Crippen molar-refractivity contribution in [3.05, 3.63) is 39.2 Å². The molecule has 134 valence electrons. The van der Waals surface area contributed by atoms with Crippen LogP contribution in [-0.2, 0) is 19.5 Å². The Kier molecular flexibility index (Phi) is 4.98. The normalized spacial score (nSPS) is 13.4. The van der Waals surface area contributed by atoms with E-state index < -0.39 is 0 Å². The molecule has 1 aliphatic rings. The van der Waals surface area contributed by atoms with Crippen LogP contribution >= 0.6 is 0 Å². The van der Waals surface area contributed by atoms with E-state index in [0.717, 1.165) is 48.0 Å². The molecule has 0 saturated heterocycles. The van der Waals surface area contributed by atoms with Crippen LogP contribution in [0.5, 0.6) is 0 Å². The van der Waals surface area contributed by atoms with Gasteiger partial charge in [-0.2, -0.15) is 9.97 Å². The largest absolute Gasteiger partial charge is 0.368 e. The molecule has 2 N–H and O–H groups in total. The van der Waals surface area contributed by atoms with Crippen LogP contribution in [0.3, 0.4) is 0 Å². The highest BCUT2D eigenvalue weighted by atomic mass is 16.1. The van der Waals surface area contributed by atoms with Gasteiger partial charge in [0.2, 0.25) is 5.95 Å². The summed E-state index contributed by atoms with van der Waals surface area (Å²) in [6.07, 6.45) is 0.899. The van der Waals surface area contributed by atoms with E-state index in [1.54, 1.807) is 4.57 Å². The lowest BCUT2D eigenvalue weighted by Gasteiger charge is -2.22. The summed E-state index contributed by atoms with van der Waals surface area (Å²) < 4.78 is 1.68. The number of rotatable bonds is 5. The average molecular weight is 343 g/mol. The minimum atomic E-state index is -0.206. The van der Waals surface area contributed by atoms with E-state index >= 15 is 0 Å². The van der Waals surface area contributed by atoms with E-state index in [4.69, 9.17) is 0 Å². The summed E-state index contributed by atoms with van der Waals surface area (Å²) in [5.41, 5.74) is 3.66. The van der Waals surface area contributed by atoms with Crippen molar-refractivity contribution in [1.29, 1.82) is 0 Å². The zero-order valence-corrected chi connectivity index (χ0v) is 15.3. The number of anilines is 2. The first-order valence-corrected chi connectivity index (χ1v) is 8.52. The maximum absolute atomic E-state index is 12.1. The maximum Gasteiger partial charge on any atom is 0.348 e. The predicted molar refractivity (Wildman–Crippen MR) is 98.2 cm³/mol. The molecule has 0 radical (unpaired) electrons. The lowest BCUT2D eigenvalue weighted by atomic mass is 10.1. The van der Waals surface area contributed by atoms with Crippen molar-refractivity contribution < 1.29 is 0 Å². The number of nitrogens with one attached hydrogen (secondary N) is 2. The number of aromatic nitrogens is 4. The van der Waals surface area contributed by atoms with Crippen molar-refractivity contribution in [2.75, 3.05) is 37.4 Å². The number of aryl methyl sites for hydroxylation is 2. The van der Waals surface area contributed by atoms with Gasteiger partial charge in [-0.3, -0.25) is 4.57 Å². The van der Waals surface area contributed by atoms with Gasteiger partial charge in [0.25, 0.3) is 0 Å². The highest BCUT2D eigenvalue weighted by Crippen LogP contribution is 2.22. The van der Waals surface area contributed by atoms with E-state index in [9.17, 15) is 4.79 Å². The zero-order valence-electron chi connectivity index (χ0n) is 15.3. The number of hydrogen-bond donors (Lipinski definition) is 2. The third kappa shape index (κ3) is 3.79. The van der Waals surface area contributed by atoms with Crippen molar-refractivity contribution in [3.63, 3.8) is 0 Å². The highest BCUT2D eigenvalue weighted by Gasteiger charge is 2.18. The smallest absolute Gasteiger partial charge is 0.348 e. The molecule has 2 aromatic heterocycles. The summed E-state index contributed by atoms with van der Waals surface area (Å²) >= 11 is 0. The van der Waals surface area contributed by atoms with Gasteiger partial charge in [-0.1, -0.05) is 0 Å². The Morgan fingerprint density at radius 2 is 2.08 bits per heavy atom. The van der Waals surface area contributed by atoms with Crippen LogP contribution < -0.4 is 21.2 Å². The van der Waals surface area contributed by atoms with E-state index in [1.165, 1.54) is 0 Å². The minimum absolute atomic E-state index is 0.206. The molecule has 2 aromatic rings. The highest BCUT2D eigenvalue weighted by molar-refractivity contribution is 5.52. The van der Waals surface area contributed by atoms with E-state index in [1.807, 2.05) is 38.9 Å². The second-order valence-corrected chi connectivity index (χ2v) is 6.52. The Morgan fingerprint density at radius 1 is 1.28 bits per heavy atom. The van der Waals surface area contributed by atoms with Gasteiger partial charge in [-0.05, 0) is 32.9 Å². The van der Waals surface area contributed by atoms with Gasteiger partial charge in [-0.25, -0.2) is 9.78 Å². The topological polar surface area (TPSA) is 88.0 Å². The Morgan fingerprint density at radius 3 is 2.80 bits per heavy atom. The summed E-state index contributed by atoms with van der Waals surface area (Å²) in [5.74, 6) is 1.55. The third-order valence-corrected chi connectivity index (χ3v) is 4.30. The minimum Gasteiger partial charge on any atom is -0.368 e. The van der Waals surface area contributed by atoms with Crippen LogP contribution in [0.1, 0.15) is 22.6 Å². The van der Waals surface area contributed by atoms with Gasteiger partial charge >= 0.3 is 5.69 Å². The van der Waals surface area contributed by atoms with Gasteiger partial charge < -0.3 is 15.5 Å². The molecule has 3 heterocycles.